The average Bonchev–Trinajstić information content (AvgIpc) is 2.27. The first-order valence-electron chi connectivity index (χ1n) is 6.64. The minimum Gasteiger partial charge on any atom is -0.396 e. The second-order valence-electron chi connectivity index (χ2n) is 4.99. The molecule has 0 bridgehead atoms. The maximum Gasteiger partial charge on any atom is 0.0445 e. The second-order valence-corrected chi connectivity index (χ2v) is 4.99. The van der Waals surface area contributed by atoms with E-state index in [9.17, 15) is 0 Å². The maximum absolute atomic E-state index is 8.89. The SMILES string of the molecule is CCC(N[C@H](C)CCO)C1CCCCC1. The van der Waals surface area contributed by atoms with E-state index in [4.69, 9.17) is 5.11 Å². The Hall–Kier alpha value is -0.0800. The normalized spacial score (nSPS) is 22.6. The van der Waals surface area contributed by atoms with Crippen molar-refractivity contribution >= 4 is 0 Å². The lowest BCUT2D eigenvalue weighted by Gasteiger charge is -2.32. The number of hydrogen-bond donors (Lipinski definition) is 2. The van der Waals surface area contributed by atoms with Crippen LogP contribution >= 0.6 is 0 Å². The molecule has 0 aromatic heterocycles. The zero-order chi connectivity index (χ0) is 11.1. The second kappa shape index (κ2) is 7.24. The molecule has 0 spiro atoms. The highest BCUT2D eigenvalue weighted by Gasteiger charge is 2.22. The Kier molecular flexibility index (Phi) is 6.26. The predicted octanol–water partition coefficient (Wildman–Crippen LogP) is 2.71. The Morgan fingerprint density at radius 1 is 1.27 bits per heavy atom. The fourth-order valence-corrected chi connectivity index (χ4v) is 2.77. The summed E-state index contributed by atoms with van der Waals surface area (Å²) >= 11 is 0. The Morgan fingerprint density at radius 3 is 2.47 bits per heavy atom. The molecule has 15 heavy (non-hydrogen) atoms. The van der Waals surface area contributed by atoms with Crippen LogP contribution in [-0.4, -0.2) is 23.8 Å². The van der Waals surface area contributed by atoms with Gasteiger partial charge in [-0.3, -0.25) is 0 Å². The summed E-state index contributed by atoms with van der Waals surface area (Å²) in [5.41, 5.74) is 0. The van der Waals surface area contributed by atoms with Crippen LogP contribution in [0.4, 0.5) is 0 Å². The summed E-state index contributed by atoms with van der Waals surface area (Å²) < 4.78 is 0. The van der Waals surface area contributed by atoms with E-state index in [1.165, 1.54) is 38.5 Å². The molecular formula is C13H27NO. The molecule has 0 radical (unpaired) electrons. The lowest BCUT2D eigenvalue weighted by atomic mass is 9.82. The molecule has 1 rings (SSSR count). The number of aliphatic hydroxyl groups is 1. The van der Waals surface area contributed by atoms with Gasteiger partial charge in [0.15, 0.2) is 0 Å². The number of rotatable bonds is 6. The number of nitrogens with one attached hydrogen (secondary N) is 1. The molecule has 0 saturated heterocycles. The Balaban J connectivity index is 2.32. The van der Waals surface area contributed by atoms with Gasteiger partial charge >= 0.3 is 0 Å². The van der Waals surface area contributed by atoms with Crippen LogP contribution < -0.4 is 5.32 Å². The van der Waals surface area contributed by atoms with Crippen molar-refractivity contribution in [3.05, 3.63) is 0 Å². The quantitative estimate of drug-likeness (QED) is 0.711. The van der Waals surface area contributed by atoms with Crippen molar-refractivity contribution in [2.24, 2.45) is 5.92 Å². The Bertz CT molecular complexity index is 155. The van der Waals surface area contributed by atoms with E-state index in [-0.39, 0.29) is 0 Å². The third-order valence-electron chi connectivity index (χ3n) is 3.72. The first-order valence-corrected chi connectivity index (χ1v) is 6.64. The lowest BCUT2D eigenvalue weighted by molar-refractivity contribution is 0.223. The van der Waals surface area contributed by atoms with Crippen LogP contribution in [-0.2, 0) is 0 Å². The van der Waals surface area contributed by atoms with Crippen molar-refractivity contribution in [2.75, 3.05) is 6.61 Å². The van der Waals surface area contributed by atoms with Crippen molar-refractivity contribution in [2.45, 2.75) is 70.9 Å². The van der Waals surface area contributed by atoms with Crippen LogP contribution in [0.2, 0.25) is 0 Å². The number of hydrogen-bond acceptors (Lipinski definition) is 2. The van der Waals surface area contributed by atoms with Crippen molar-refractivity contribution in [1.82, 2.24) is 5.32 Å². The highest BCUT2D eigenvalue weighted by Crippen LogP contribution is 2.27. The van der Waals surface area contributed by atoms with Crippen LogP contribution in [0.25, 0.3) is 0 Å². The topological polar surface area (TPSA) is 32.3 Å². The van der Waals surface area contributed by atoms with Crippen molar-refractivity contribution in [1.29, 1.82) is 0 Å². The van der Waals surface area contributed by atoms with E-state index in [1.807, 2.05) is 0 Å². The molecule has 0 aromatic rings. The first kappa shape index (κ1) is 13.0. The largest absolute Gasteiger partial charge is 0.396 e. The molecule has 0 amide bonds. The van der Waals surface area contributed by atoms with Crippen molar-refractivity contribution in [3.63, 3.8) is 0 Å². The molecule has 1 unspecified atom stereocenters. The van der Waals surface area contributed by atoms with Gasteiger partial charge in [-0.15, -0.1) is 0 Å². The summed E-state index contributed by atoms with van der Waals surface area (Å²) in [7, 11) is 0. The van der Waals surface area contributed by atoms with Gasteiger partial charge in [0.2, 0.25) is 0 Å². The van der Waals surface area contributed by atoms with Gasteiger partial charge in [-0.1, -0.05) is 26.2 Å². The molecule has 90 valence electrons. The zero-order valence-corrected chi connectivity index (χ0v) is 10.3. The molecule has 1 saturated carbocycles. The zero-order valence-electron chi connectivity index (χ0n) is 10.3. The molecule has 0 aromatic carbocycles. The average molecular weight is 213 g/mol. The van der Waals surface area contributed by atoms with Gasteiger partial charge < -0.3 is 10.4 Å². The molecule has 1 fully saturated rings. The summed E-state index contributed by atoms with van der Waals surface area (Å²) in [5, 5.41) is 12.6. The molecule has 0 aliphatic heterocycles. The van der Waals surface area contributed by atoms with Gasteiger partial charge in [0, 0.05) is 18.7 Å². The van der Waals surface area contributed by atoms with Crippen LogP contribution in [0.15, 0.2) is 0 Å². The molecule has 2 nitrogen and oxygen atoms in total. The summed E-state index contributed by atoms with van der Waals surface area (Å²) in [6, 6.07) is 1.13. The molecule has 1 aliphatic rings. The van der Waals surface area contributed by atoms with E-state index in [1.54, 1.807) is 0 Å². The minimum atomic E-state index is 0.301. The van der Waals surface area contributed by atoms with Crippen LogP contribution in [0, 0.1) is 5.92 Å². The Morgan fingerprint density at radius 2 is 1.93 bits per heavy atom. The van der Waals surface area contributed by atoms with Crippen LogP contribution in [0.5, 0.6) is 0 Å². The Labute approximate surface area is 94.5 Å². The standard InChI is InChI=1S/C13H27NO/c1-3-13(14-11(2)9-10-15)12-7-5-4-6-8-12/h11-15H,3-10H2,1-2H3/t11-,13?/m1/s1. The third-order valence-corrected chi connectivity index (χ3v) is 3.72. The van der Waals surface area contributed by atoms with E-state index in [2.05, 4.69) is 19.2 Å². The summed E-state index contributed by atoms with van der Waals surface area (Å²) in [6.45, 7) is 4.76. The monoisotopic (exact) mass is 213 g/mol. The first-order chi connectivity index (χ1) is 7.27. The minimum absolute atomic E-state index is 0.301. The third kappa shape index (κ3) is 4.52. The highest BCUT2D eigenvalue weighted by molar-refractivity contribution is 4.80. The van der Waals surface area contributed by atoms with E-state index < -0.39 is 0 Å². The van der Waals surface area contributed by atoms with E-state index >= 15 is 0 Å². The number of aliphatic hydroxyl groups excluding tert-OH is 1. The van der Waals surface area contributed by atoms with Crippen molar-refractivity contribution < 1.29 is 5.11 Å². The predicted molar refractivity (Wildman–Crippen MR) is 65.0 cm³/mol. The fourth-order valence-electron chi connectivity index (χ4n) is 2.77. The van der Waals surface area contributed by atoms with Gasteiger partial charge in [-0.05, 0) is 38.5 Å². The van der Waals surface area contributed by atoms with Crippen LogP contribution in [0.1, 0.15) is 58.8 Å². The van der Waals surface area contributed by atoms with E-state index in [0.29, 0.717) is 18.7 Å². The fraction of sp³-hybridized carbons (Fsp3) is 1.00. The maximum atomic E-state index is 8.89. The van der Waals surface area contributed by atoms with Gasteiger partial charge in [-0.2, -0.15) is 0 Å². The molecule has 2 atom stereocenters. The molecular weight excluding hydrogens is 186 g/mol. The summed E-state index contributed by atoms with van der Waals surface area (Å²) in [6.07, 6.45) is 9.16. The summed E-state index contributed by atoms with van der Waals surface area (Å²) in [4.78, 5) is 0. The van der Waals surface area contributed by atoms with Gasteiger partial charge in [0.1, 0.15) is 0 Å². The van der Waals surface area contributed by atoms with Crippen LogP contribution in [0.3, 0.4) is 0 Å². The smallest absolute Gasteiger partial charge is 0.0445 e. The lowest BCUT2D eigenvalue weighted by Crippen LogP contribution is -2.42. The van der Waals surface area contributed by atoms with Gasteiger partial charge in [-0.25, -0.2) is 0 Å². The highest BCUT2D eigenvalue weighted by atomic mass is 16.3. The molecule has 2 N–H and O–H groups in total. The molecule has 0 heterocycles. The van der Waals surface area contributed by atoms with E-state index in [0.717, 1.165) is 12.3 Å². The van der Waals surface area contributed by atoms with Gasteiger partial charge in [0.05, 0.1) is 0 Å². The summed E-state index contributed by atoms with van der Waals surface area (Å²) in [5.74, 6) is 0.880. The molecule has 2 heteroatoms. The molecule has 1 aliphatic carbocycles. The van der Waals surface area contributed by atoms with Gasteiger partial charge in [0.25, 0.3) is 0 Å². The van der Waals surface area contributed by atoms with Crippen molar-refractivity contribution in [3.8, 4) is 0 Å².